The summed E-state index contributed by atoms with van der Waals surface area (Å²) in [6.07, 6.45) is 18.6. The van der Waals surface area contributed by atoms with Gasteiger partial charge in [0.2, 0.25) is 29.5 Å². The Morgan fingerprint density at radius 2 is 1.09 bits per heavy atom. The lowest BCUT2D eigenvalue weighted by atomic mass is 10.0. The Labute approximate surface area is 508 Å². The molecule has 0 radical (unpaired) electrons. The Bertz CT molecular complexity index is 2120. The molecule has 0 bridgehead atoms. The van der Waals surface area contributed by atoms with Crippen LogP contribution in [0.1, 0.15) is 166 Å². The van der Waals surface area contributed by atoms with E-state index in [1.807, 2.05) is 0 Å². The minimum atomic E-state index is -1.17. The quantitative estimate of drug-likeness (QED) is 0.0254. The number of aliphatic carboxylic acids is 2. The van der Waals surface area contributed by atoms with Gasteiger partial charge in [-0.3, -0.25) is 48.2 Å². The number of rotatable bonds is 58. The molecule has 0 unspecified atom stereocenters. The lowest BCUT2D eigenvalue weighted by Crippen LogP contribution is -2.54. The average molecular weight is 1220 g/mol. The summed E-state index contributed by atoms with van der Waals surface area (Å²) < 4.78 is 21.7. The predicted octanol–water partition coefficient (Wildman–Crippen LogP) is 2.91. The molecule has 1 aromatic carbocycles. The number of ketones is 2. The number of nitrogens with one attached hydrogen (secondary N) is 5. The summed E-state index contributed by atoms with van der Waals surface area (Å²) in [5.41, 5.74) is 17.2. The maximum absolute atomic E-state index is 13.6. The number of carbonyl (C=O) groups excluding carboxylic acids is 7. The normalized spacial score (nSPS) is 12.6. The monoisotopic (exact) mass is 1220 g/mol. The lowest BCUT2D eigenvalue weighted by Gasteiger charge is -2.29. The number of guanidine groups is 1. The van der Waals surface area contributed by atoms with Crippen LogP contribution in [0.2, 0.25) is 0 Å². The molecule has 4 atom stereocenters. The van der Waals surface area contributed by atoms with Gasteiger partial charge in [-0.05, 0) is 89.6 Å². The van der Waals surface area contributed by atoms with Crippen LogP contribution in [0.4, 0.5) is 0 Å². The fraction of sp³-hybridized carbons (Fsp3) is 0.733. The number of phenols is 1. The number of benzene rings is 1. The fourth-order valence-electron chi connectivity index (χ4n) is 9.18. The van der Waals surface area contributed by atoms with Crippen LogP contribution >= 0.6 is 0 Å². The summed E-state index contributed by atoms with van der Waals surface area (Å²) in [5, 5.41) is 41.7. The van der Waals surface area contributed by atoms with Gasteiger partial charge in [-0.1, -0.05) is 89.2 Å². The first-order valence-corrected chi connectivity index (χ1v) is 30.8. The first-order chi connectivity index (χ1) is 41.3. The Hall–Kier alpha value is -6.32. The van der Waals surface area contributed by atoms with Gasteiger partial charge >= 0.3 is 11.9 Å². The van der Waals surface area contributed by atoms with E-state index in [4.69, 9.17) is 41.3 Å². The molecule has 5 amide bonds. The van der Waals surface area contributed by atoms with Gasteiger partial charge < -0.3 is 78.1 Å². The van der Waals surface area contributed by atoms with Crippen molar-refractivity contribution in [1.29, 1.82) is 0 Å². The minimum Gasteiger partial charge on any atom is -0.508 e. The van der Waals surface area contributed by atoms with Crippen molar-refractivity contribution in [2.45, 2.75) is 191 Å². The number of primary amides is 1. The molecule has 0 saturated carbocycles. The van der Waals surface area contributed by atoms with E-state index in [1.165, 1.54) is 50.7 Å². The highest BCUT2D eigenvalue weighted by molar-refractivity contribution is 5.90. The molecule has 0 aliphatic heterocycles. The zero-order chi connectivity index (χ0) is 63.6. The van der Waals surface area contributed by atoms with E-state index >= 15 is 0 Å². The lowest BCUT2D eigenvalue weighted by molar-refractivity contribution is -0.142. The topological polar surface area (TPSA) is 405 Å². The van der Waals surface area contributed by atoms with Gasteiger partial charge in [0.25, 0.3) is 0 Å². The van der Waals surface area contributed by atoms with Crippen LogP contribution in [0, 0.1) is 0 Å². The summed E-state index contributed by atoms with van der Waals surface area (Å²) in [4.78, 5) is 116. The van der Waals surface area contributed by atoms with Crippen LogP contribution in [0.15, 0.2) is 29.3 Å². The first-order valence-electron chi connectivity index (χ1n) is 30.8. The predicted molar refractivity (Wildman–Crippen MR) is 325 cm³/mol. The van der Waals surface area contributed by atoms with Gasteiger partial charge in [0.1, 0.15) is 36.8 Å². The highest BCUT2D eigenvalue weighted by Gasteiger charge is 2.30. The standard InChI is InChI=1S/C60H104N10O16/c1-64-48(52(73)42-70(2)51(23-19-33-67-60(62)63)58(80)69-50(57(61)79)41-45-26-28-47(72)29-27-45)22-17-18-32-65-54(75)43-86-40-38-84-36-34-66-55(76)44-85-39-37-83-35-20-21-46(71)30-31-49(59(81)82)68-53(74)24-15-13-11-9-7-5-3-4-6-8-10-12-14-16-25-56(77)78/h26-29,48-51,64,72H,3-25,30-44H2,1-2H3,(H2,61,79)(H,65,75)(H,66,76)(H,68,74)(H,69,80)(H,77,78)(H,81,82)(H4,62,63,67)/t48-,49-,50-,51-/m0/s1. The second-order valence-corrected chi connectivity index (χ2v) is 21.5. The van der Waals surface area contributed by atoms with Crippen molar-refractivity contribution in [3.05, 3.63) is 29.8 Å². The minimum absolute atomic E-state index is 0.0146. The average Bonchev–Trinajstić information content (AvgIpc) is 3.25. The molecule has 0 heterocycles. The Balaban J connectivity index is 2.12. The number of carboxylic acid groups (broad SMARTS) is 2. The summed E-state index contributed by atoms with van der Waals surface area (Å²) in [6.45, 7) is 1.63. The van der Waals surface area contributed by atoms with Crippen LogP contribution in [0.3, 0.4) is 0 Å². The van der Waals surface area contributed by atoms with E-state index < -0.39 is 47.9 Å². The molecule has 86 heavy (non-hydrogen) atoms. The number of hydrogen-bond donors (Lipinski definition) is 11. The SMILES string of the molecule is CN[C@@H](CCCCNC(=O)COCCOCCNC(=O)COCCOCCCC(=O)CC[C@H](NC(=O)CCCCCCCCCCCCCCCCC(=O)O)C(=O)O)C(=O)CN(C)[C@@H](CCCN=C(N)N)C(=O)N[C@@H](Cc1ccc(O)cc1)C(N)=O. The summed E-state index contributed by atoms with van der Waals surface area (Å²) in [7, 11) is 3.31. The van der Waals surface area contributed by atoms with Crippen LogP contribution in [-0.4, -0.2) is 197 Å². The summed E-state index contributed by atoms with van der Waals surface area (Å²) in [5.74, 6) is -4.43. The Kier molecular flexibility index (Phi) is 45.9. The van der Waals surface area contributed by atoms with E-state index in [9.17, 15) is 53.4 Å². The highest BCUT2D eigenvalue weighted by atomic mass is 16.5. The third kappa shape index (κ3) is 43.3. The highest BCUT2D eigenvalue weighted by Crippen LogP contribution is 2.16. The molecule has 0 fully saturated rings. The molecule has 0 spiro atoms. The van der Waals surface area contributed by atoms with Gasteiger partial charge in [0, 0.05) is 58.3 Å². The molecule has 0 aromatic heterocycles. The zero-order valence-corrected chi connectivity index (χ0v) is 51.3. The van der Waals surface area contributed by atoms with Crippen molar-refractivity contribution >= 4 is 59.0 Å². The van der Waals surface area contributed by atoms with E-state index in [-0.39, 0.29) is 158 Å². The number of likely N-dealkylation sites (N-methyl/N-ethyl adjacent to an activating group) is 2. The largest absolute Gasteiger partial charge is 0.508 e. The second-order valence-electron chi connectivity index (χ2n) is 21.5. The number of nitrogens with two attached hydrogens (primary N) is 3. The van der Waals surface area contributed by atoms with Crippen molar-refractivity contribution < 1.29 is 77.4 Å². The number of unbranched alkanes of at least 4 members (excludes halogenated alkanes) is 14. The molecular formula is C60H104N10O16. The van der Waals surface area contributed by atoms with Crippen molar-refractivity contribution in [3.63, 3.8) is 0 Å². The number of aliphatic imine (C=N–C) groups is 1. The van der Waals surface area contributed by atoms with Crippen molar-refractivity contribution in [3.8, 4) is 5.75 Å². The van der Waals surface area contributed by atoms with Crippen LogP contribution in [0.5, 0.6) is 5.75 Å². The molecular weight excluding hydrogens is 1120 g/mol. The summed E-state index contributed by atoms with van der Waals surface area (Å²) >= 11 is 0. The Morgan fingerprint density at radius 1 is 0.547 bits per heavy atom. The second kappa shape index (κ2) is 50.8. The van der Waals surface area contributed by atoms with Crippen LogP contribution < -0.4 is 43.8 Å². The number of carboxylic acids is 2. The van der Waals surface area contributed by atoms with E-state index in [1.54, 1.807) is 31.1 Å². The van der Waals surface area contributed by atoms with Gasteiger partial charge in [0.05, 0.1) is 51.7 Å². The zero-order valence-electron chi connectivity index (χ0n) is 51.3. The number of ether oxygens (including phenoxy) is 4. The van der Waals surface area contributed by atoms with Gasteiger partial charge in [-0.25, -0.2) is 4.79 Å². The van der Waals surface area contributed by atoms with Gasteiger partial charge in [0.15, 0.2) is 11.7 Å². The first kappa shape index (κ1) is 77.7. The van der Waals surface area contributed by atoms with E-state index in [2.05, 4.69) is 31.6 Å². The summed E-state index contributed by atoms with van der Waals surface area (Å²) in [6, 6.07) is 2.66. The number of phenolic OH excluding ortho intramolecular Hbond substituents is 1. The number of aromatic hydroxyl groups is 1. The number of carbonyl (C=O) groups is 9. The smallest absolute Gasteiger partial charge is 0.326 e. The fourth-order valence-corrected chi connectivity index (χ4v) is 9.18. The van der Waals surface area contributed by atoms with Crippen molar-refractivity contribution in [1.82, 2.24) is 31.5 Å². The van der Waals surface area contributed by atoms with E-state index in [0.717, 1.165) is 44.9 Å². The Morgan fingerprint density at radius 3 is 1.64 bits per heavy atom. The van der Waals surface area contributed by atoms with Crippen molar-refractivity contribution in [2.75, 3.05) is 93.1 Å². The molecule has 26 nitrogen and oxygen atoms in total. The van der Waals surface area contributed by atoms with Crippen LogP contribution in [0.25, 0.3) is 0 Å². The third-order valence-electron chi connectivity index (χ3n) is 14.1. The number of nitrogens with zero attached hydrogens (tertiary/aromatic N) is 2. The van der Waals surface area contributed by atoms with Gasteiger partial charge in [-0.15, -0.1) is 0 Å². The number of Topliss-reactive ketones (excluding diaryl/α,β-unsaturated/α-hetero) is 2. The maximum Gasteiger partial charge on any atom is 0.326 e. The molecule has 0 aliphatic carbocycles. The molecule has 490 valence electrons. The van der Waals surface area contributed by atoms with E-state index in [0.29, 0.717) is 50.6 Å². The molecule has 26 heteroatoms. The number of hydrogen-bond acceptors (Lipinski definition) is 17. The van der Waals surface area contributed by atoms with Gasteiger partial charge in [-0.2, -0.15) is 0 Å². The molecule has 0 aliphatic rings. The molecule has 1 rings (SSSR count). The molecule has 1 aromatic rings. The molecule has 0 saturated heterocycles. The molecule has 14 N–H and O–H groups in total. The number of amides is 5. The third-order valence-corrected chi connectivity index (χ3v) is 14.1. The van der Waals surface area contributed by atoms with Crippen molar-refractivity contribution in [2.24, 2.45) is 22.2 Å². The van der Waals surface area contributed by atoms with Crippen LogP contribution in [-0.2, 0) is 68.5 Å². The maximum atomic E-state index is 13.6.